The van der Waals surface area contributed by atoms with Crippen molar-refractivity contribution in [2.75, 3.05) is 20.3 Å². The number of hydrogen-bond donors (Lipinski definition) is 1. The van der Waals surface area contributed by atoms with Gasteiger partial charge in [-0.2, -0.15) is 4.39 Å². The minimum Gasteiger partial charge on any atom is -0.383 e. The first-order valence-corrected chi connectivity index (χ1v) is 4.88. The highest BCUT2D eigenvalue weighted by molar-refractivity contribution is 5.95. The van der Waals surface area contributed by atoms with Gasteiger partial charge in [0.15, 0.2) is 0 Å². The Kier molecular flexibility index (Phi) is 4.67. The number of halogens is 2. The molecule has 0 atom stereocenters. The summed E-state index contributed by atoms with van der Waals surface area (Å²) in [6.45, 7) is 0.195. The lowest BCUT2D eigenvalue weighted by atomic mass is 10.1. The topological polar surface area (TPSA) is 81.5 Å². The maximum atomic E-state index is 13.6. The van der Waals surface area contributed by atoms with Crippen molar-refractivity contribution in [3.05, 3.63) is 39.4 Å². The zero-order chi connectivity index (χ0) is 13.7. The smallest absolute Gasteiger partial charge is 0.305 e. The summed E-state index contributed by atoms with van der Waals surface area (Å²) < 4.78 is 31.5. The lowest BCUT2D eigenvalue weighted by molar-refractivity contribution is -0.387. The van der Waals surface area contributed by atoms with Crippen LogP contribution in [0.3, 0.4) is 0 Å². The molecule has 18 heavy (non-hydrogen) atoms. The molecule has 1 amide bonds. The number of hydrogen-bond acceptors (Lipinski definition) is 4. The van der Waals surface area contributed by atoms with Crippen molar-refractivity contribution in [3.63, 3.8) is 0 Å². The Morgan fingerprint density at radius 2 is 2.17 bits per heavy atom. The quantitative estimate of drug-likeness (QED) is 0.490. The van der Waals surface area contributed by atoms with Crippen LogP contribution < -0.4 is 5.32 Å². The van der Waals surface area contributed by atoms with E-state index in [1.807, 2.05) is 0 Å². The van der Waals surface area contributed by atoms with Crippen LogP contribution in [0.2, 0.25) is 0 Å². The molecule has 0 unspecified atom stereocenters. The van der Waals surface area contributed by atoms with Gasteiger partial charge >= 0.3 is 5.69 Å². The zero-order valence-corrected chi connectivity index (χ0v) is 9.41. The summed E-state index contributed by atoms with van der Waals surface area (Å²) in [6, 6.07) is 1.34. The third-order valence-electron chi connectivity index (χ3n) is 2.09. The summed E-state index contributed by atoms with van der Waals surface area (Å²) in [7, 11) is 1.39. The fourth-order valence-corrected chi connectivity index (χ4v) is 1.25. The van der Waals surface area contributed by atoms with E-state index in [1.54, 1.807) is 0 Å². The Balaban J connectivity index is 3.03. The van der Waals surface area contributed by atoms with Crippen molar-refractivity contribution >= 4 is 11.6 Å². The van der Waals surface area contributed by atoms with Crippen molar-refractivity contribution in [2.45, 2.75) is 0 Å². The van der Waals surface area contributed by atoms with Crippen molar-refractivity contribution in [1.82, 2.24) is 5.32 Å². The summed E-state index contributed by atoms with van der Waals surface area (Å²) in [5, 5.41) is 12.6. The number of carbonyl (C=O) groups is 1. The number of nitrogens with one attached hydrogen (secondary N) is 1. The average molecular weight is 260 g/mol. The summed E-state index contributed by atoms with van der Waals surface area (Å²) in [4.78, 5) is 20.9. The largest absolute Gasteiger partial charge is 0.383 e. The molecule has 1 rings (SSSR count). The maximum absolute atomic E-state index is 13.6. The third kappa shape index (κ3) is 2.98. The first kappa shape index (κ1) is 14.0. The van der Waals surface area contributed by atoms with E-state index in [1.165, 1.54) is 7.11 Å². The van der Waals surface area contributed by atoms with Gasteiger partial charge in [-0.15, -0.1) is 0 Å². The van der Waals surface area contributed by atoms with Gasteiger partial charge in [-0.05, 0) is 6.07 Å². The van der Waals surface area contributed by atoms with Gasteiger partial charge in [-0.25, -0.2) is 4.39 Å². The van der Waals surface area contributed by atoms with E-state index in [0.717, 1.165) is 0 Å². The molecule has 0 aliphatic rings. The predicted octanol–water partition coefficient (Wildman–Crippen LogP) is 1.25. The Labute approximate surface area is 101 Å². The summed E-state index contributed by atoms with van der Waals surface area (Å²) in [5.41, 5.74) is -1.92. The fraction of sp³-hybridized carbons (Fsp3) is 0.300. The molecule has 0 radical (unpaired) electrons. The molecule has 6 nitrogen and oxygen atoms in total. The van der Waals surface area contributed by atoms with Gasteiger partial charge in [0.1, 0.15) is 11.4 Å². The van der Waals surface area contributed by atoms with Crippen LogP contribution in [0.15, 0.2) is 12.1 Å². The van der Waals surface area contributed by atoms with Crippen LogP contribution in [-0.2, 0) is 4.74 Å². The van der Waals surface area contributed by atoms with E-state index in [0.29, 0.717) is 12.1 Å². The van der Waals surface area contributed by atoms with Gasteiger partial charge in [0.05, 0.1) is 11.5 Å². The van der Waals surface area contributed by atoms with E-state index in [-0.39, 0.29) is 13.2 Å². The number of rotatable bonds is 5. The molecular formula is C10H10F2N2O4. The lowest BCUT2D eigenvalue weighted by Gasteiger charge is -2.06. The van der Waals surface area contributed by atoms with Gasteiger partial charge in [0.25, 0.3) is 5.91 Å². The van der Waals surface area contributed by atoms with Crippen molar-refractivity contribution in [1.29, 1.82) is 0 Å². The van der Waals surface area contributed by atoms with Gasteiger partial charge in [-0.1, -0.05) is 0 Å². The Hall–Kier alpha value is -2.09. The summed E-state index contributed by atoms with van der Waals surface area (Å²) in [6.07, 6.45) is 0. The highest BCUT2D eigenvalue weighted by Crippen LogP contribution is 2.22. The standard InChI is InChI=1S/C10H10F2N2O4/c1-18-5-4-13-10(15)8-6(11)2-3-7(9(8)12)14(16)17/h2-3H,4-5H2,1H3,(H,13,15). The van der Waals surface area contributed by atoms with Crippen LogP contribution in [0.5, 0.6) is 0 Å². The van der Waals surface area contributed by atoms with Gasteiger partial charge in [0.2, 0.25) is 5.82 Å². The highest BCUT2D eigenvalue weighted by atomic mass is 19.1. The monoisotopic (exact) mass is 260 g/mol. The summed E-state index contributed by atoms with van der Waals surface area (Å²) in [5.74, 6) is -3.71. The van der Waals surface area contributed by atoms with Crippen LogP contribution in [0.4, 0.5) is 14.5 Å². The number of nitro benzene ring substituents is 1. The number of nitro groups is 1. The van der Waals surface area contributed by atoms with Crippen LogP contribution in [0.25, 0.3) is 0 Å². The second-order valence-corrected chi connectivity index (χ2v) is 3.26. The Morgan fingerprint density at radius 1 is 1.50 bits per heavy atom. The molecule has 1 aromatic rings. The van der Waals surface area contributed by atoms with Crippen molar-refractivity contribution in [2.24, 2.45) is 0 Å². The summed E-state index contributed by atoms with van der Waals surface area (Å²) >= 11 is 0. The molecule has 1 aromatic carbocycles. The molecule has 0 bridgehead atoms. The highest BCUT2D eigenvalue weighted by Gasteiger charge is 2.25. The molecule has 0 heterocycles. The van der Waals surface area contributed by atoms with Gasteiger partial charge in [-0.3, -0.25) is 14.9 Å². The third-order valence-corrected chi connectivity index (χ3v) is 2.09. The minimum atomic E-state index is -1.49. The van der Waals surface area contributed by atoms with E-state index < -0.39 is 33.7 Å². The number of carbonyl (C=O) groups excluding carboxylic acids is 1. The molecule has 0 saturated heterocycles. The molecule has 0 aromatic heterocycles. The number of methoxy groups -OCH3 is 1. The molecular weight excluding hydrogens is 250 g/mol. The average Bonchev–Trinajstić information content (AvgIpc) is 2.28. The van der Waals surface area contributed by atoms with Crippen molar-refractivity contribution in [3.8, 4) is 0 Å². The molecule has 0 fully saturated rings. The predicted molar refractivity (Wildman–Crippen MR) is 57.2 cm³/mol. The molecule has 98 valence electrons. The number of amides is 1. The molecule has 8 heteroatoms. The van der Waals surface area contributed by atoms with E-state index in [4.69, 9.17) is 0 Å². The van der Waals surface area contributed by atoms with E-state index >= 15 is 0 Å². The van der Waals surface area contributed by atoms with Crippen molar-refractivity contribution < 1.29 is 23.2 Å². The molecule has 0 aliphatic carbocycles. The number of benzene rings is 1. The van der Waals surface area contributed by atoms with E-state index in [2.05, 4.69) is 10.1 Å². The SMILES string of the molecule is COCCNC(=O)c1c(F)ccc([N+](=O)[O-])c1F. The molecule has 1 N–H and O–H groups in total. The Morgan fingerprint density at radius 3 is 2.72 bits per heavy atom. The first-order chi connectivity index (χ1) is 8.49. The first-order valence-electron chi connectivity index (χ1n) is 4.88. The van der Waals surface area contributed by atoms with Gasteiger partial charge in [0, 0.05) is 19.7 Å². The molecule has 0 spiro atoms. The number of nitrogens with zero attached hydrogens (tertiary/aromatic N) is 1. The van der Waals surface area contributed by atoms with Crippen LogP contribution in [-0.4, -0.2) is 31.1 Å². The van der Waals surface area contributed by atoms with Crippen LogP contribution >= 0.6 is 0 Å². The Bertz CT molecular complexity index is 479. The molecule has 0 saturated carbocycles. The fourth-order valence-electron chi connectivity index (χ4n) is 1.25. The maximum Gasteiger partial charge on any atom is 0.305 e. The zero-order valence-electron chi connectivity index (χ0n) is 9.41. The second kappa shape index (κ2) is 6.01. The van der Waals surface area contributed by atoms with E-state index in [9.17, 15) is 23.7 Å². The number of ether oxygens (including phenoxy) is 1. The van der Waals surface area contributed by atoms with Gasteiger partial charge < -0.3 is 10.1 Å². The van der Waals surface area contributed by atoms with Crippen LogP contribution in [0, 0.1) is 21.7 Å². The normalized spacial score (nSPS) is 10.2. The molecule has 0 aliphatic heterocycles. The minimum absolute atomic E-state index is 0.0386. The lowest BCUT2D eigenvalue weighted by Crippen LogP contribution is -2.28. The van der Waals surface area contributed by atoms with Crippen LogP contribution in [0.1, 0.15) is 10.4 Å². The second-order valence-electron chi connectivity index (χ2n) is 3.26.